The van der Waals surface area contributed by atoms with Crippen molar-refractivity contribution in [3.05, 3.63) is 35.7 Å². The number of hydrogen-bond donors (Lipinski definition) is 0. The van der Waals surface area contributed by atoms with E-state index >= 15 is 0 Å². The lowest BCUT2D eigenvalue weighted by Crippen LogP contribution is -2.31. The summed E-state index contributed by atoms with van der Waals surface area (Å²) >= 11 is 3.36. The normalized spacial score (nSPS) is 15.4. The van der Waals surface area contributed by atoms with Crippen molar-refractivity contribution in [2.24, 2.45) is 0 Å². The Balaban J connectivity index is 1.47. The van der Waals surface area contributed by atoms with Crippen LogP contribution in [-0.4, -0.2) is 34.6 Å². The Morgan fingerprint density at radius 1 is 1.13 bits per heavy atom. The number of thiazole rings is 1. The van der Waals surface area contributed by atoms with Gasteiger partial charge in [0.2, 0.25) is 5.91 Å². The van der Waals surface area contributed by atoms with E-state index in [0.29, 0.717) is 12.3 Å². The Morgan fingerprint density at radius 3 is 2.61 bits per heavy atom. The molecule has 122 valence electrons. The lowest BCUT2D eigenvalue weighted by molar-refractivity contribution is -0.130. The summed E-state index contributed by atoms with van der Waals surface area (Å²) in [5.74, 6) is 1.12. The second-order valence-electron chi connectivity index (χ2n) is 5.76. The van der Waals surface area contributed by atoms with E-state index in [1.165, 1.54) is 12.8 Å². The highest BCUT2D eigenvalue weighted by molar-refractivity contribution is 8.01. The molecule has 1 aromatic heterocycles. The van der Waals surface area contributed by atoms with Crippen LogP contribution >= 0.6 is 23.1 Å². The van der Waals surface area contributed by atoms with Crippen LogP contribution in [0.1, 0.15) is 32.1 Å². The molecule has 2 aromatic rings. The number of amides is 1. The maximum Gasteiger partial charge on any atom is 0.223 e. The molecule has 5 heteroatoms. The number of rotatable bonds is 5. The molecule has 1 aliphatic rings. The standard InChI is InChI=1S/C18H22N2OS2/c21-17(20-11-6-1-2-7-12-20)10-13-22-18-19-16(14-23-18)15-8-4-3-5-9-15/h3-5,8-9,14H,1-2,6-7,10-13H2. The molecule has 1 amide bonds. The molecule has 0 unspecified atom stereocenters. The van der Waals surface area contributed by atoms with Gasteiger partial charge in [-0.2, -0.15) is 0 Å². The molecule has 3 rings (SSSR count). The van der Waals surface area contributed by atoms with Crippen LogP contribution < -0.4 is 0 Å². The SMILES string of the molecule is O=C(CCSc1nc(-c2ccccc2)cs1)N1CCCCCC1. The first-order valence-corrected chi connectivity index (χ1v) is 10.1. The highest BCUT2D eigenvalue weighted by Crippen LogP contribution is 2.28. The van der Waals surface area contributed by atoms with E-state index in [4.69, 9.17) is 0 Å². The average Bonchev–Trinajstić information content (AvgIpc) is 2.89. The maximum absolute atomic E-state index is 12.3. The quantitative estimate of drug-likeness (QED) is 0.736. The zero-order chi connectivity index (χ0) is 15.9. The summed E-state index contributed by atoms with van der Waals surface area (Å²) in [6.07, 6.45) is 5.46. The fourth-order valence-corrected chi connectivity index (χ4v) is 4.60. The van der Waals surface area contributed by atoms with Gasteiger partial charge in [-0.15, -0.1) is 11.3 Å². The molecule has 1 aliphatic heterocycles. The second kappa shape index (κ2) is 8.50. The number of hydrogen-bond acceptors (Lipinski definition) is 4. The van der Waals surface area contributed by atoms with Crippen molar-refractivity contribution in [1.82, 2.24) is 9.88 Å². The Hall–Kier alpha value is -1.33. The molecule has 0 radical (unpaired) electrons. The summed E-state index contributed by atoms with van der Waals surface area (Å²) in [4.78, 5) is 19.0. The van der Waals surface area contributed by atoms with E-state index < -0.39 is 0 Å². The minimum absolute atomic E-state index is 0.305. The van der Waals surface area contributed by atoms with Gasteiger partial charge in [0.05, 0.1) is 5.69 Å². The van der Waals surface area contributed by atoms with Crippen molar-refractivity contribution in [2.75, 3.05) is 18.8 Å². The summed E-state index contributed by atoms with van der Waals surface area (Å²) in [6.45, 7) is 1.89. The van der Waals surface area contributed by atoms with Gasteiger partial charge in [0.1, 0.15) is 0 Å². The zero-order valence-corrected chi connectivity index (χ0v) is 14.9. The van der Waals surface area contributed by atoms with Crippen molar-refractivity contribution in [1.29, 1.82) is 0 Å². The predicted molar refractivity (Wildman–Crippen MR) is 97.9 cm³/mol. The first kappa shape index (κ1) is 16.5. The summed E-state index contributed by atoms with van der Waals surface area (Å²) in [5.41, 5.74) is 2.17. The number of nitrogens with zero attached hydrogens (tertiary/aromatic N) is 2. The van der Waals surface area contributed by atoms with Crippen LogP contribution in [0.5, 0.6) is 0 Å². The number of aromatic nitrogens is 1. The second-order valence-corrected chi connectivity index (χ2v) is 7.96. The van der Waals surface area contributed by atoms with E-state index in [9.17, 15) is 4.79 Å². The highest BCUT2D eigenvalue weighted by atomic mass is 32.2. The largest absolute Gasteiger partial charge is 0.343 e. The van der Waals surface area contributed by atoms with Gasteiger partial charge in [-0.3, -0.25) is 4.79 Å². The molecule has 1 aromatic carbocycles. The minimum Gasteiger partial charge on any atom is -0.343 e. The van der Waals surface area contributed by atoms with Crippen LogP contribution in [0.3, 0.4) is 0 Å². The lowest BCUT2D eigenvalue weighted by atomic mass is 10.2. The van der Waals surface area contributed by atoms with E-state index in [1.54, 1.807) is 23.1 Å². The van der Waals surface area contributed by atoms with Gasteiger partial charge in [0.15, 0.2) is 4.34 Å². The van der Waals surface area contributed by atoms with Crippen LogP contribution in [0.15, 0.2) is 40.1 Å². The van der Waals surface area contributed by atoms with E-state index in [-0.39, 0.29) is 0 Å². The number of thioether (sulfide) groups is 1. The van der Waals surface area contributed by atoms with Crippen molar-refractivity contribution < 1.29 is 4.79 Å². The fraction of sp³-hybridized carbons (Fsp3) is 0.444. The zero-order valence-electron chi connectivity index (χ0n) is 13.2. The molecule has 0 N–H and O–H groups in total. The van der Waals surface area contributed by atoms with Gasteiger partial charge >= 0.3 is 0 Å². The molecule has 1 saturated heterocycles. The van der Waals surface area contributed by atoms with Gasteiger partial charge in [0.25, 0.3) is 0 Å². The van der Waals surface area contributed by atoms with Gasteiger partial charge in [-0.05, 0) is 12.8 Å². The summed E-state index contributed by atoms with van der Waals surface area (Å²) in [6, 6.07) is 10.2. The topological polar surface area (TPSA) is 33.2 Å². The van der Waals surface area contributed by atoms with Crippen LogP contribution in [0, 0.1) is 0 Å². The maximum atomic E-state index is 12.3. The van der Waals surface area contributed by atoms with E-state index in [0.717, 1.165) is 47.3 Å². The van der Waals surface area contributed by atoms with Gasteiger partial charge in [0, 0.05) is 36.2 Å². The molecular formula is C18H22N2OS2. The summed E-state index contributed by atoms with van der Waals surface area (Å²) in [7, 11) is 0. The average molecular weight is 347 g/mol. The minimum atomic E-state index is 0.305. The third-order valence-electron chi connectivity index (χ3n) is 4.05. The van der Waals surface area contributed by atoms with Crippen LogP contribution in [0.25, 0.3) is 11.3 Å². The molecule has 0 spiro atoms. The highest BCUT2D eigenvalue weighted by Gasteiger charge is 2.15. The molecule has 0 saturated carbocycles. The number of likely N-dealkylation sites (tertiary alicyclic amines) is 1. The third-order valence-corrected chi connectivity index (χ3v) is 6.08. The number of carbonyl (C=O) groups is 1. The molecule has 0 bridgehead atoms. The monoisotopic (exact) mass is 346 g/mol. The Bertz CT molecular complexity index is 619. The smallest absolute Gasteiger partial charge is 0.223 e. The Morgan fingerprint density at radius 2 is 1.87 bits per heavy atom. The summed E-state index contributed by atoms with van der Waals surface area (Å²) < 4.78 is 1.05. The van der Waals surface area contributed by atoms with Gasteiger partial charge < -0.3 is 4.90 Å². The molecule has 23 heavy (non-hydrogen) atoms. The third kappa shape index (κ3) is 4.82. The Labute approximate surface area is 146 Å². The number of benzene rings is 1. The molecule has 0 atom stereocenters. The van der Waals surface area contributed by atoms with Crippen LogP contribution in [0.2, 0.25) is 0 Å². The van der Waals surface area contributed by atoms with Gasteiger partial charge in [-0.25, -0.2) is 4.98 Å². The first-order valence-electron chi connectivity index (χ1n) is 8.24. The molecule has 1 fully saturated rings. The van der Waals surface area contributed by atoms with Crippen molar-refractivity contribution >= 4 is 29.0 Å². The molecule has 0 aliphatic carbocycles. The van der Waals surface area contributed by atoms with Gasteiger partial charge in [-0.1, -0.05) is 54.9 Å². The fourth-order valence-electron chi connectivity index (χ4n) is 2.77. The summed E-state index contributed by atoms with van der Waals surface area (Å²) in [5, 5.41) is 2.09. The molecule has 2 heterocycles. The van der Waals surface area contributed by atoms with Crippen molar-refractivity contribution in [3.8, 4) is 11.3 Å². The van der Waals surface area contributed by atoms with E-state index in [2.05, 4.69) is 22.5 Å². The predicted octanol–water partition coefficient (Wildman–Crippen LogP) is 4.69. The molecule has 3 nitrogen and oxygen atoms in total. The van der Waals surface area contributed by atoms with E-state index in [1.807, 2.05) is 23.1 Å². The Kier molecular flexibility index (Phi) is 6.11. The molecular weight excluding hydrogens is 324 g/mol. The van der Waals surface area contributed by atoms with Crippen molar-refractivity contribution in [3.63, 3.8) is 0 Å². The van der Waals surface area contributed by atoms with Crippen LogP contribution in [0.4, 0.5) is 0 Å². The first-order chi connectivity index (χ1) is 11.3. The number of carbonyl (C=O) groups excluding carboxylic acids is 1. The van der Waals surface area contributed by atoms with Crippen molar-refractivity contribution in [2.45, 2.75) is 36.4 Å². The van der Waals surface area contributed by atoms with Crippen LogP contribution in [-0.2, 0) is 4.79 Å². The lowest BCUT2D eigenvalue weighted by Gasteiger charge is -2.19.